The topological polar surface area (TPSA) is 102 Å². The van der Waals surface area contributed by atoms with Crippen molar-refractivity contribution in [3.8, 4) is 11.6 Å². The molecule has 1 saturated heterocycles. The summed E-state index contributed by atoms with van der Waals surface area (Å²) < 4.78 is 34.4. The Labute approximate surface area is 201 Å². The lowest BCUT2D eigenvalue weighted by Crippen LogP contribution is -2.42. The molecular weight excluding hydrogens is 454 g/mol. The molecule has 0 aliphatic carbocycles. The van der Waals surface area contributed by atoms with Crippen LogP contribution in [0.15, 0.2) is 66.3 Å². The van der Waals surface area contributed by atoms with E-state index in [2.05, 4.69) is 21.6 Å². The van der Waals surface area contributed by atoms with Crippen molar-refractivity contribution < 1.29 is 18.6 Å². The van der Waals surface area contributed by atoms with Crippen molar-refractivity contribution in [3.63, 3.8) is 0 Å². The van der Waals surface area contributed by atoms with Gasteiger partial charge in [-0.15, -0.1) is 0 Å². The second-order valence-corrected chi connectivity index (χ2v) is 8.21. The van der Waals surface area contributed by atoms with Crippen LogP contribution in [0.1, 0.15) is 29.8 Å². The lowest BCUT2D eigenvalue weighted by molar-refractivity contribution is 0.00996. The van der Waals surface area contributed by atoms with E-state index in [1.54, 1.807) is 24.5 Å². The zero-order chi connectivity index (χ0) is 25.2. The average Bonchev–Trinajstić information content (AvgIpc) is 3.28. The first-order valence-electron chi connectivity index (χ1n) is 10.9. The molecule has 10 heteroatoms. The zero-order valence-corrected chi connectivity index (χ0v) is 19.4. The molecule has 35 heavy (non-hydrogen) atoms. The monoisotopic (exact) mass is 480 g/mol. The van der Waals surface area contributed by atoms with E-state index in [9.17, 15) is 13.9 Å². The first kappa shape index (κ1) is 24.1. The number of imidazole rings is 1. The number of pyridine rings is 1. The van der Waals surface area contributed by atoms with Gasteiger partial charge in [-0.2, -0.15) is 5.10 Å². The van der Waals surface area contributed by atoms with Gasteiger partial charge in [0.05, 0.1) is 30.5 Å². The summed E-state index contributed by atoms with van der Waals surface area (Å²) in [7, 11) is 1.54. The van der Waals surface area contributed by atoms with Gasteiger partial charge in [-0.05, 0) is 61.7 Å². The van der Waals surface area contributed by atoms with Gasteiger partial charge in [0, 0.05) is 12.7 Å². The van der Waals surface area contributed by atoms with Gasteiger partial charge in [0.2, 0.25) is 5.88 Å². The van der Waals surface area contributed by atoms with Crippen molar-refractivity contribution in [2.24, 2.45) is 10.8 Å². The molecule has 3 N–H and O–H groups in total. The smallest absolute Gasteiger partial charge is 0.238 e. The normalized spacial score (nSPS) is 18.9. The van der Waals surface area contributed by atoms with E-state index < -0.39 is 17.2 Å². The third-order valence-electron chi connectivity index (χ3n) is 5.80. The molecule has 8 nitrogen and oxygen atoms in total. The molecule has 0 spiro atoms. The number of nitrogens with two attached hydrogens (primary N) is 1. The van der Waals surface area contributed by atoms with Crippen LogP contribution in [-0.4, -0.2) is 44.1 Å². The number of aryl methyl sites for hydroxylation is 1. The largest absolute Gasteiger partial charge is 0.479 e. The van der Waals surface area contributed by atoms with E-state index in [0.717, 1.165) is 23.5 Å². The third kappa shape index (κ3) is 4.92. The maximum absolute atomic E-state index is 13.8. The summed E-state index contributed by atoms with van der Waals surface area (Å²) in [5, 5.41) is 17.0. The van der Waals surface area contributed by atoms with E-state index in [-0.39, 0.29) is 17.1 Å². The second kappa shape index (κ2) is 9.67. The summed E-state index contributed by atoms with van der Waals surface area (Å²) in [6.45, 7) is 6.31. The lowest BCUT2D eigenvalue weighted by atomic mass is 9.83. The van der Waals surface area contributed by atoms with Gasteiger partial charge in [-0.25, -0.2) is 18.7 Å². The molecule has 1 aliphatic heterocycles. The predicted molar refractivity (Wildman–Crippen MR) is 129 cm³/mol. The third-order valence-corrected chi connectivity index (χ3v) is 5.80. The standard InChI is InChI=1S/C25H26F2N6O2/c1-16-14-32(15-29-16)22-9-6-19(30-24(22)35-3)7-10-23(28)31-33-12-4-11-25(34,17(33)2)18-5-8-20(26)21(27)13-18/h5-10,13-15,34H,2,4,11-12H2,1,3H3,(H2,28,31)/b10-7+. The minimum absolute atomic E-state index is 0.149. The van der Waals surface area contributed by atoms with Gasteiger partial charge in [-0.3, -0.25) is 5.01 Å². The van der Waals surface area contributed by atoms with Crippen molar-refractivity contribution >= 4 is 11.9 Å². The van der Waals surface area contributed by atoms with Crippen molar-refractivity contribution in [2.45, 2.75) is 25.4 Å². The first-order chi connectivity index (χ1) is 16.7. The molecule has 1 unspecified atom stereocenters. The van der Waals surface area contributed by atoms with Crippen LogP contribution in [0.3, 0.4) is 0 Å². The molecule has 1 aromatic carbocycles. The van der Waals surface area contributed by atoms with Crippen LogP contribution < -0.4 is 10.5 Å². The van der Waals surface area contributed by atoms with E-state index in [1.807, 2.05) is 23.8 Å². The number of hydrogen-bond donors (Lipinski definition) is 2. The average molecular weight is 481 g/mol. The maximum atomic E-state index is 13.8. The number of aliphatic hydroxyl groups is 1. The van der Waals surface area contributed by atoms with Gasteiger partial charge in [0.15, 0.2) is 11.6 Å². The molecule has 3 heterocycles. The van der Waals surface area contributed by atoms with Crippen molar-refractivity contribution in [3.05, 3.63) is 89.8 Å². The summed E-state index contributed by atoms with van der Waals surface area (Å²) in [4.78, 5) is 8.70. The molecule has 0 saturated carbocycles. The fourth-order valence-electron chi connectivity index (χ4n) is 3.94. The van der Waals surface area contributed by atoms with Gasteiger partial charge >= 0.3 is 0 Å². The molecule has 1 aliphatic rings. The minimum Gasteiger partial charge on any atom is -0.479 e. The fraction of sp³-hybridized carbons (Fsp3) is 0.240. The number of ether oxygens (including phenoxy) is 1. The van der Waals surface area contributed by atoms with E-state index in [1.165, 1.54) is 18.2 Å². The number of nitrogens with zero attached hydrogens (tertiary/aromatic N) is 5. The first-order valence-corrected chi connectivity index (χ1v) is 10.9. The van der Waals surface area contributed by atoms with Crippen molar-refractivity contribution in [2.75, 3.05) is 13.7 Å². The molecule has 0 amide bonds. The number of piperidine rings is 1. The highest BCUT2D eigenvalue weighted by Crippen LogP contribution is 2.39. The lowest BCUT2D eigenvalue weighted by Gasteiger charge is -2.40. The van der Waals surface area contributed by atoms with E-state index in [0.29, 0.717) is 31.0 Å². The highest BCUT2D eigenvalue weighted by Gasteiger charge is 2.39. The Balaban J connectivity index is 1.52. The van der Waals surface area contributed by atoms with Gasteiger partial charge in [-0.1, -0.05) is 12.6 Å². The number of aromatic nitrogens is 3. The predicted octanol–water partition coefficient (Wildman–Crippen LogP) is 3.65. The highest BCUT2D eigenvalue weighted by atomic mass is 19.2. The molecule has 0 radical (unpaired) electrons. The van der Waals surface area contributed by atoms with Crippen LogP contribution in [0.2, 0.25) is 0 Å². The molecule has 2 aromatic heterocycles. The van der Waals surface area contributed by atoms with Gasteiger partial charge < -0.3 is 20.1 Å². The number of amidine groups is 1. The number of rotatable bonds is 6. The molecule has 1 atom stereocenters. The molecule has 3 aromatic rings. The number of hydrogen-bond acceptors (Lipinski definition) is 6. The van der Waals surface area contributed by atoms with Crippen LogP contribution in [-0.2, 0) is 5.60 Å². The van der Waals surface area contributed by atoms with E-state index >= 15 is 0 Å². The summed E-state index contributed by atoms with van der Waals surface area (Å²) in [6.07, 6.45) is 7.64. The van der Waals surface area contributed by atoms with Gasteiger partial charge in [0.25, 0.3) is 0 Å². The van der Waals surface area contributed by atoms with Gasteiger partial charge in [0.1, 0.15) is 17.1 Å². The molecule has 4 rings (SSSR count). The Morgan fingerprint density at radius 3 is 2.77 bits per heavy atom. The van der Waals surface area contributed by atoms with Crippen molar-refractivity contribution in [1.82, 2.24) is 19.5 Å². The van der Waals surface area contributed by atoms with Crippen LogP contribution in [0.25, 0.3) is 11.8 Å². The molecule has 1 fully saturated rings. The van der Waals surface area contributed by atoms with E-state index in [4.69, 9.17) is 10.5 Å². The number of benzene rings is 1. The SMILES string of the molecule is C=C1N(/N=C(N)/C=C/c2ccc(-n3cnc(C)c3)c(OC)n2)CCCC1(O)c1ccc(F)c(F)c1. The maximum Gasteiger partial charge on any atom is 0.238 e. The minimum atomic E-state index is -1.59. The highest BCUT2D eigenvalue weighted by molar-refractivity contribution is 5.94. The Bertz CT molecular complexity index is 1320. The number of halogens is 2. The second-order valence-electron chi connectivity index (χ2n) is 8.21. The molecule has 0 bridgehead atoms. The Morgan fingerprint density at radius 2 is 2.09 bits per heavy atom. The zero-order valence-electron chi connectivity index (χ0n) is 19.4. The van der Waals surface area contributed by atoms with Crippen LogP contribution in [0, 0.1) is 18.6 Å². The number of methoxy groups -OCH3 is 1. The Kier molecular flexibility index (Phi) is 6.65. The van der Waals surface area contributed by atoms with Crippen molar-refractivity contribution in [1.29, 1.82) is 0 Å². The van der Waals surface area contributed by atoms with Crippen LogP contribution >= 0.6 is 0 Å². The fourth-order valence-corrected chi connectivity index (χ4v) is 3.94. The Hall–Kier alpha value is -4.05. The Morgan fingerprint density at radius 1 is 1.29 bits per heavy atom. The van der Waals surface area contributed by atoms with Crippen LogP contribution in [0.5, 0.6) is 5.88 Å². The van der Waals surface area contributed by atoms with Crippen LogP contribution in [0.4, 0.5) is 8.78 Å². The molecule has 182 valence electrons. The quantitative estimate of drug-likeness (QED) is 0.413. The molecular formula is C25H26F2N6O2. The summed E-state index contributed by atoms with van der Waals surface area (Å²) in [6, 6.07) is 6.96. The number of hydrazone groups is 1. The summed E-state index contributed by atoms with van der Waals surface area (Å²) in [5.74, 6) is -1.46. The summed E-state index contributed by atoms with van der Waals surface area (Å²) in [5.41, 5.74) is 7.16. The summed E-state index contributed by atoms with van der Waals surface area (Å²) >= 11 is 0.